The fourth-order valence-corrected chi connectivity index (χ4v) is 4.12. The Morgan fingerprint density at radius 1 is 1.21 bits per heavy atom. The normalized spacial score (nSPS) is 50.0. The van der Waals surface area contributed by atoms with Gasteiger partial charge in [0.2, 0.25) is 0 Å². The van der Waals surface area contributed by atoms with Crippen molar-refractivity contribution in [3.8, 4) is 0 Å². The van der Waals surface area contributed by atoms with Gasteiger partial charge in [0.15, 0.2) is 5.78 Å². The molecule has 2 heteroatoms. The molecule has 0 amide bonds. The summed E-state index contributed by atoms with van der Waals surface area (Å²) in [5, 5.41) is 9.76. The summed E-state index contributed by atoms with van der Waals surface area (Å²) in [4.78, 5) is 11.7. The average molecular weight is 188 g/mol. The number of ketones is 1. The van der Waals surface area contributed by atoms with E-state index in [1.807, 2.05) is 0 Å². The van der Waals surface area contributed by atoms with E-state index in [-0.39, 0.29) is 17.6 Å². The summed E-state index contributed by atoms with van der Waals surface area (Å²) in [5.74, 6) is 1.64. The Kier molecular flexibility index (Phi) is 0.952. The highest BCUT2D eigenvalue weighted by Gasteiger charge is 2.70. The predicted octanol–water partition coefficient (Wildman–Crippen LogP) is 1.84. The predicted molar refractivity (Wildman–Crippen MR) is 50.5 cm³/mol. The van der Waals surface area contributed by atoms with Crippen LogP contribution in [0.5, 0.6) is 0 Å². The number of hydrogen-bond donors (Lipinski definition) is 1. The van der Waals surface area contributed by atoms with E-state index in [1.165, 1.54) is 18.9 Å². The molecule has 4 aliphatic rings. The molecular formula is C12H12O2. The molecule has 0 aromatic carbocycles. The lowest BCUT2D eigenvalue weighted by molar-refractivity contribution is -0.119. The van der Waals surface area contributed by atoms with Gasteiger partial charge in [0.1, 0.15) is 5.76 Å². The molecule has 4 atom stereocenters. The molecule has 2 saturated carbocycles. The highest BCUT2D eigenvalue weighted by Crippen LogP contribution is 2.73. The summed E-state index contributed by atoms with van der Waals surface area (Å²) in [7, 11) is 0. The number of allylic oxidation sites excluding steroid dienone is 4. The Bertz CT molecular complexity index is 401. The molecule has 4 aliphatic carbocycles. The first-order chi connectivity index (χ1) is 6.74. The minimum Gasteiger partial charge on any atom is -0.512 e. The van der Waals surface area contributed by atoms with E-state index in [9.17, 15) is 9.90 Å². The average Bonchev–Trinajstić information content (AvgIpc) is 2.72. The van der Waals surface area contributed by atoms with Crippen LogP contribution in [-0.2, 0) is 4.79 Å². The molecule has 2 nitrogen and oxygen atoms in total. The second-order valence-electron chi connectivity index (χ2n) is 5.19. The first-order valence-corrected chi connectivity index (χ1v) is 5.37. The Hall–Kier alpha value is -1.05. The van der Waals surface area contributed by atoms with Crippen LogP contribution < -0.4 is 0 Å². The molecular weight excluding hydrogens is 176 g/mol. The number of fused-ring (bicyclic) bond motifs is 3. The molecule has 0 heterocycles. The number of rotatable bonds is 0. The molecule has 0 aromatic heterocycles. The zero-order valence-corrected chi connectivity index (χ0v) is 7.81. The standard InChI is InChI=1S/C12H12O2/c13-8-5-9(14)11-7-2-1-6(10(8)11)12(7)3-4-12/h1-2,5-7,10-11,13H,3-4H2/t6-,7-,10+,11+/m1/s1. The number of aliphatic hydroxyl groups is 1. The topological polar surface area (TPSA) is 37.3 Å². The molecule has 0 saturated heterocycles. The summed E-state index contributed by atoms with van der Waals surface area (Å²) in [6.45, 7) is 0. The summed E-state index contributed by atoms with van der Waals surface area (Å²) in [6, 6.07) is 0. The molecule has 2 fully saturated rings. The summed E-state index contributed by atoms with van der Waals surface area (Å²) < 4.78 is 0. The third kappa shape index (κ3) is 0.537. The lowest BCUT2D eigenvalue weighted by Gasteiger charge is -2.19. The first-order valence-electron chi connectivity index (χ1n) is 5.37. The number of carbonyl (C=O) groups is 1. The van der Waals surface area contributed by atoms with E-state index < -0.39 is 0 Å². The van der Waals surface area contributed by atoms with Crippen LogP contribution in [0, 0.1) is 29.1 Å². The van der Waals surface area contributed by atoms with Crippen LogP contribution in [0.3, 0.4) is 0 Å². The molecule has 2 bridgehead atoms. The Morgan fingerprint density at radius 2 is 1.86 bits per heavy atom. The van der Waals surface area contributed by atoms with Crippen molar-refractivity contribution in [2.45, 2.75) is 12.8 Å². The smallest absolute Gasteiger partial charge is 0.163 e. The van der Waals surface area contributed by atoms with Gasteiger partial charge in [-0.1, -0.05) is 12.2 Å². The SMILES string of the molecule is O=C1C=C(O)[C@H]2[C@H]1[C@H]1C=C[C@H]2C12CC2. The van der Waals surface area contributed by atoms with Crippen molar-refractivity contribution in [2.24, 2.45) is 29.1 Å². The molecule has 0 aliphatic heterocycles. The van der Waals surface area contributed by atoms with Gasteiger partial charge in [-0.25, -0.2) is 0 Å². The fraction of sp³-hybridized carbons (Fsp3) is 0.583. The third-order valence-corrected chi connectivity index (χ3v) is 4.80. The van der Waals surface area contributed by atoms with Crippen LogP contribution >= 0.6 is 0 Å². The van der Waals surface area contributed by atoms with Gasteiger partial charge in [0.05, 0.1) is 0 Å². The number of hydrogen-bond acceptors (Lipinski definition) is 2. The van der Waals surface area contributed by atoms with Gasteiger partial charge in [-0.2, -0.15) is 0 Å². The van der Waals surface area contributed by atoms with Gasteiger partial charge in [0.25, 0.3) is 0 Å². The number of aliphatic hydroxyl groups excluding tert-OH is 1. The zero-order chi connectivity index (χ0) is 9.50. The van der Waals surface area contributed by atoms with Crippen molar-refractivity contribution in [3.05, 3.63) is 24.0 Å². The monoisotopic (exact) mass is 188 g/mol. The Labute approximate surface area is 82.3 Å². The van der Waals surface area contributed by atoms with Gasteiger partial charge in [-0.3, -0.25) is 4.79 Å². The van der Waals surface area contributed by atoms with E-state index in [1.54, 1.807) is 0 Å². The van der Waals surface area contributed by atoms with Crippen LogP contribution in [0.25, 0.3) is 0 Å². The van der Waals surface area contributed by atoms with Gasteiger partial charge in [0, 0.05) is 17.9 Å². The van der Waals surface area contributed by atoms with Crippen LogP contribution in [0.1, 0.15) is 12.8 Å². The van der Waals surface area contributed by atoms with Crippen molar-refractivity contribution < 1.29 is 9.90 Å². The van der Waals surface area contributed by atoms with Gasteiger partial charge >= 0.3 is 0 Å². The molecule has 72 valence electrons. The highest BCUT2D eigenvalue weighted by molar-refractivity contribution is 5.96. The Balaban J connectivity index is 1.90. The lowest BCUT2D eigenvalue weighted by atomic mass is 9.84. The second kappa shape index (κ2) is 1.83. The molecule has 0 aromatic rings. The first kappa shape index (κ1) is 7.27. The van der Waals surface area contributed by atoms with E-state index in [2.05, 4.69) is 12.2 Å². The van der Waals surface area contributed by atoms with Gasteiger partial charge in [-0.05, 0) is 30.1 Å². The zero-order valence-electron chi connectivity index (χ0n) is 7.81. The molecule has 0 unspecified atom stereocenters. The summed E-state index contributed by atoms with van der Waals surface area (Å²) in [6.07, 6.45) is 8.42. The van der Waals surface area contributed by atoms with Crippen molar-refractivity contribution in [3.63, 3.8) is 0 Å². The molecule has 0 radical (unpaired) electrons. The van der Waals surface area contributed by atoms with E-state index in [4.69, 9.17) is 0 Å². The minimum absolute atomic E-state index is 0.0903. The molecule has 14 heavy (non-hydrogen) atoms. The fourth-order valence-electron chi connectivity index (χ4n) is 4.12. The van der Waals surface area contributed by atoms with Gasteiger partial charge in [-0.15, -0.1) is 0 Å². The third-order valence-electron chi connectivity index (χ3n) is 4.80. The van der Waals surface area contributed by atoms with E-state index >= 15 is 0 Å². The number of carbonyl (C=O) groups excluding carboxylic acids is 1. The van der Waals surface area contributed by atoms with Crippen LogP contribution in [0.2, 0.25) is 0 Å². The van der Waals surface area contributed by atoms with E-state index in [0.717, 1.165) is 0 Å². The van der Waals surface area contributed by atoms with Crippen LogP contribution in [-0.4, -0.2) is 10.9 Å². The quantitative estimate of drug-likeness (QED) is 0.589. The van der Waals surface area contributed by atoms with Gasteiger partial charge < -0.3 is 5.11 Å². The molecule has 1 spiro atoms. The van der Waals surface area contributed by atoms with Crippen molar-refractivity contribution in [2.75, 3.05) is 0 Å². The maximum absolute atomic E-state index is 11.7. The lowest BCUT2D eigenvalue weighted by Crippen LogP contribution is -2.21. The molecule has 1 N–H and O–H groups in total. The van der Waals surface area contributed by atoms with Crippen molar-refractivity contribution in [1.29, 1.82) is 0 Å². The highest BCUT2D eigenvalue weighted by atomic mass is 16.3. The van der Waals surface area contributed by atoms with Crippen LogP contribution in [0.4, 0.5) is 0 Å². The Morgan fingerprint density at radius 3 is 2.43 bits per heavy atom. The summed E-state index contributed by atoms with van der Waals surface area (Å²) in [5.41, 5.74) is 0.396. The van der Waals surface area contributed by atoms with Crippen molar-refractivity contribution in [1.82, 2.24) is 0 Å². The van der Waals surface area contributed by atoms with Crippen LogP contribution in [0.15, 0.2) is 24.0 Å². The van der Waals surface area contributed by atoms with Crippen molar-refractivity contribution >= 4 is 5.78 Å². The largest absolute Gasteiger partial charge is 0.512 e. The maximum atomic E-state index is 11.7. The second-order valence-corrected chi connectivity index (χ2v) is 5.19. The van der Waals surface area contributed by atoms with E-state index in [0.29, 0.717) is 23.0 Å². The summed E-state index contributed by atoms with van der Waals surface area (Å²) >= 11 is 0. The minimum atomic E-state index is 0.0903. The molecule has 4 rings (SSSR count). The maximum Gasteiger partial charge on any atom is 0.163 e.